The highest BCUT2D eigenvalue weighted by Gasteiger charge is 2.18. The van der Waals surface area contributed by atoms with Crippen molar-refractivity contribution in [3.8, 4) is 5.75 Å². The Morgan fingerprint density at radius 3 is 2.76 bits per heavy atom. The fourth-order valence-corrected chi connectivity index (χ4v) is 1.95. The Morgan fingerprint density at radius 2 is 2.10 bits per heavy atom. The van der Waals surface area contributed by atoms with E-state index < -0.39 is 23.7 Å². The summed E-state index contributed by atoms with van der Waals surface area (Å²) in [5.41, 5.74) is 0.301. The number of amides is 1. The normalized spacial score (nSPS) is 11.8. The SMILES string of the molecule is COc1ccc(F)cc1C(C)NC(=O)c1cccnc1F. The molecule has 2 rings (SSSR count). The summed E-state index contributed by atoms with van der Waals surface area (Å²) in [6.07, 6.45) is 1.26. The summed E-state index contributed by atoms with van der Waals surface area (Å²) in [6.45, 7) is 1.66. The van der Waals surface area contributed by atoms with Gasteiger partial charge >= 0.3 is 0 Å². The number of benzene rings is 1. The Bertz CT molecular complexity index is 662. The van der Waals surface area contributed by atoms with Crippen molar-refractivity contribution in [3.05, 3.63) is 59.4 Å². The molecular formula is C15H14F2N2O2. The third-order valence-corrected chi connectivity index (χ3v) is 3.01. The van der Waals surface area contributed by atoms with E-state index in [9.17, 15) is 13.6 Å². The lowest BCUT2D eigenvalue weighted by Crippen LogP contribution is -2.28. The van der Waals surface area contributed by atoms with E-state index in [0.29, 0.717) is 11.3 Å². The lowest BCUT2D eigenvalue weighted by atomic mass is 10.1. The van der Waals surface area contributed by atoms with Crippen LogP contribution >= 0.6 is 0 Å². The van der Waals surface area contributed by atoms with E-state index in [1.54, 1.807) is 6.92 Å². The van der Waals surface area contributed by atoms with Gasteiger partial charge in [0.1, 0.15) is 11.6 Å². The van der Waals surface area contributed by atoms with Gasteiger partial charge in [-0.25, -0.2) is 9.37 Å². The molecule has 0 radical (unpaired) electrons. The maximum Gasteiger partial charge on any atom is 0.256 e. The van der Waals surface area contributed by atoms with Crippen LogP contribution in [0.4, 0.5) is 8.78 Å². The van der Waals surface area contributed by atoms with Crippen LogP contribution in [-0.4, -0.2) is 18.0 Å². The molecule has 0 fully saturated rings. The zero-order valence-corrected chi connectivity index (χ0v) is 11.6. The average molecular weight is 292 g/mol. The predicted molar refractivity (Wildman–Crippen MR) is 73.0 cm³/mol. The van der Waals surface area contributed by atoms with Crippen LogP contribution < -0.4 is 10.1 Å². The molecule has 110 valence electrons. The highest BCUT2D eigenvalue weighted by molar-refractivity contribution is 5.94. The van der Waals surface area contributed by atoms with Crippen LogP contribution in [0.2, 0.25) is 0 Å². The lowest BCUT2D eigenvalue weighted by molar-refractivity contribution is 0.0934. The number of nitrogens with zero attached hydrogens (tertiary/aromatic N) is 1. The lowest BCUT2D eigenvalue weighted by Gasteiger charge is -2.17. The van der Waals surface area contributed by atoms with Crippen molar-refractivity contribution < 1.29 is 18.3 Å². The first-order valence-corrected chi connectivity index (χ1v) is 6.27. The minimum absolute atomic E-state index is 0.167. The Morgan fingerprint density at radius 1 is 1.33 bits per heavy atom. The van der Waals surface area contributed by atoms with Gasteiger partial charge in [-0.3, -0.25) is 4.79 Å². The molecule has 1 atom stereocenters. The smallest absolute Gasteiger partial charge is 0.256 e. The van der Waals surface area contributed by atoms with E-state index in [1.165, 1.54) is 43.6 Å². The number of carbonyl (C=O) groups excluding carboxylic acids is 1. The maximum atomic E-state index is 13.4. The van der Waals surface area contributed by atoms with Crippen LogP contribution in [-0.2, 0) is 0 Å². The molecular weight excluding hydrogens is 278 g/mol. The maximum absolute atomic E-state index is 13.4. The molecule has 1 amide bonds. The summed E-state index contributed by atoms with van der Waals surface area (Å²) < 4.78 is 31.9. The van der Waals surface area contributed by atoms with Gasteiger partial charge in [-0.05, 0) is 37.3 Å². The summed E-state index contributed by atoms with van der Waals surface area (Å²) in [4.78, 5) is 15.4. The van der Waals surface area contributed by atoms with Crippen LogP contribution in [0, 0.1) is 11.8 Å². The Hall–Kier alpha value is -2.50. The van der Waals surface area contributed by atoms with Crippen molar-refractivity contribution in [2.45, 2.75) is 13.0 Å². The first kappa shape index (κ1) is 14.9. The quantitative estimate of drug-likeness (QED) is 0.882. The van der Waals surface area contributed by atoms with Crippen LogP contribution in [0.1, 0.15) is 28.9 Å². The molecule has 0 bridgehead atoms. The van der Waals surface area contributed by atoms with Crippen LogP contribution in [0.5, 0.6) is 5.75 Å². The third-order valence-electron chi connectivity index (χ3n) is 3.01. The van der Waals surface area contributed by atoms with Gasteiger partial charge in [0.25, 0.3) is 5.91 Å². The molecule has 1 aromatic heterocycles. The summed E-state index contributed by atoms with van der Waals surface area (Å²) in [5.74, 6) is -1.48. The number of hydrogen-bond donors (Lipinski definition) is 1. The van der Waals surface area contributed by atoms with Crippen molar-refractivity contribution >= 4 is 5.91 Å². The number of pyridine rings is 1. The molecule has 6 heteroatoms. The minimum atomic E-state index is -0.853. The Kier molecular flexibility index (Phi) is 4.47. The highest BCUT2D eigenvalue weighted by Crippen LogP contribution is 2.26. The molecule has 1 heterocycles. The number of carbonyl (C=O) groups is 1. The number of hydrogen-bond acceptors (Lipinski definition) is 3. The summed E-state index contributed by atoms with van der Waals surface area (Å²) in [6, 6.07) is 6.24. The molecule has 0 saturated carbocycles. The van der Waals surface area contributed by atoms with Gasteiger partial charge in [0.2, 0.25) is 5.95 Å². The number of rotatable bonds is 4. The first-order chi connectivity index (χ1) is 10.0. The molecule has 2 aromatic rings. The second-order valence-corrected chi connectivity index (χ2v) is 4.42. The van der Waals surface area contributed by atoms with Gasteiger partial charge in [0, 0.05) is 11.8 Å². The Balaban J connectivity index is 2.22. The van der Waals surface area contributed by atoms with Gasteiger partial charge in [-0.1, -0.05) is 0 Å². The van der Waals surface area contributed by atoms with E-state index in [1.807, 2.05) is 0 Å². The van der Waals surface area contributed by atoms with Gasteiger partial charge in [-0.15, -0.1) is 0 Å². The van der Waals surface area contributed by atoms with E-state index in [-0.39, 0.29) is 5.56 Å². The standard InChI is InChI=1S/C15H14F2N2O2/c1-9(12-8-10(16)5-6-13(12)21-2)19-15(20)11-4-3-7-18-14(11)17/h3-9H,1-2H3,(H,19,20). The van der Waals surface area contributed by atoms with E-state index in [4.69, 9.17) is 4.74 Å². The molecule has 4 nitrogen and oxygen atoms in total. The number of nitrogens with one attached hydrogen (secondary N) is 1. The zero-order chi connectivity index (χ0) is 15.4. The van der Waals surface area contributed by atoms with Gasteiger partial charge < -0.3 is 10.1 Å². The predicted octanol–water partition coefficient (Wildman–Crippen LogP) is 2.86. The molecule has 1 aromatic carbocycles. The minimum Gasteiger partial charge on any atom is -0.496 e. The molecule has 1 N–H and O–H groups in total. The van der Waals surface area contributed by atoms with Crippen molar-refractivity contribution in [2.24, 2.45) is 0 Å². The number of methoxy groups -OCH3 is 1. The number of ether oxygens (including phenoxy) is 1. The fraction of sp³-hybridized carbons (Fsp3) is 0.200. The summed E-state index contributed by atoms with van der Waals surface area (Å²) >= 11 is 0. The number of halogens is 2. The zero-order valence-electron chi connectivity index (χ0n) is 11.6. The first-order valence-electron chi connectivity index (χ1n) is 6.27. The van der Waals surface area contributed by atoms with Crippen LogP contribution in [0.3, 0.4) is 0 Å². The second-order valence-electron chi connectivity index (χ2n) is 4.42. The molecule has 0 spiro atoms. The number of aromatic nitrogens is 1. The third kappa shape index (κ3) is 3.34. The van der Waals surface area contributed by atoms with Crippen molar-refractivity contribution in [1.82, 2.24) is 10.3 Å². The van der Waals surface area contributed by atoms with Crippen molar-refractivity contribution in [3.63, 3.8) is 0 Å². The molecule has 21 heavy (non-hydrogen) atoms. The van der Waals surface area contributed by atoms with Crippen molar-refractivity contribution in [1.29, 1.82) is 0 Å². The molecule has 0 saturated heterocycles. The molecule has 0 aliphatic heterocycles. The monoisotopic (exact) mass is 292 g/mol. The topological polar surface area (TPSA) is 51.2 Å². The van der Waals surface area contributed by atoms with Crippen LogP contribution in [0.15, 0.2) is 36.5 Å². The summed E-state index contributed by atoms with van der Waals surface area (Å²) in [5, 5.41) is 2.59. The van der Waals surface area contributed by atoms with E-state index >= 15 is 0 Å². The average Bonchev–Trinajstić information content (AvgIpc) is 2.47. The Labute approximate surface area is 120 Å². The van der Waals surface area contributed by atoms with Crippen molar-refractivity contribution in [2.75, 3.05) is 7.11 Å². The van der Waals surface area contributed by atoms with Gasteiger partial charge in [-0.2, -0.15) is 4.39 Å². The fourth-order valence-electron chi connectivity index (χ4n) is 1.95. The summed E-state index contributed by atoms with van der Waals surface area (Å²) in [7, 11) is 1.45. The second kappa shape index (κ2) is 6.30. The highest BCUT2D eigenvalue weighted by atomic mass is 19.1. The van der Waals surface area contributed by atoms with Gasteiger partial charge in [0.05, 0.1) is 18.7 Å². The van der Waals surface area contributed by atoms with E-state index in [0.717, 1.165) is 0 Å². The van der Waals surface area contributed by atoms with Gasteiger partial charge in [0.15, 0.2) is 0 Å². The van der Waals surface area contributed by atoms with Crippen LogP contribution in [0.25, 0.3) is 0 Å². The largest absolute Gasteiger partial charge is 0.496 e. The van der Waals surface area contributed by atoms with E-state index in [2.05, 4.69) is 10.3 Å². The molecule has 0 aliphatic carbocycles. The molecule has 1 unspecified atom stereocenters. The molecule has 0 aliphatic rings.